The average Bonchev–Trinajstić information content (AvgIpc) is 2.84. The first-order chi connectivity index (χ1) is 9.58. The number of carbonyl (C=O) groups is 3. The van der Waals surface area contributed by atoms with Crippen molar-refractivity contribution in [3.8, 4) is 0 Å². The molecule has 0 atom stereocenters. The van der Waals surface area contributed by atoms with Gasteiger partial charge in [-0.25, -0.2) is 4.79 Å². The van der Waals surface area contributed by atoms with E-state index >= 15 is 0 Å². The molecule has 0 saturated carbocycles. The summed E-state index contributed by atoms with van der Waals surface area (Å²) in [5, 5.41) is 11.3. The van der Waals surface area contributed by atoms with Gasteiger partial charge in [0.1, 0.15) is 0 Å². The van der Waals surface area contributed by atoms with E-state index in [1.807, 2.05) is 4.90 Å². The van der Waals surface area contributed by atoms with Crippen LogP contribution in [0.2, 0.25) is 0 Å². The minimum atomic E-state index is -0.901. The van der Waals surface area contributed by atoms with Crippen molar-refractivity contribution in [2.24, 2.45) is 0 Å². The number of hydrogen-bond acceptors (Lipinski definition) is 4. The highest BCUT2D eigenvalue weighted by Gasteiger charge is 2.31. The Morgan fingerprint density at radius 2 is 1.95 bits per heavy atom. The van der Waals surface area contributed by atoms with Gasteiger partial charge in [0.05, 0.1) is 11.5 Å². The van der Waals surface area contributed by atoms with Gasteiger partial charge in [-0.15, -0.1) is 11.8 Å². The van der Waals surface area contributed by atoms with E-state index in [9.17, 15) is 14.4 Å². The summed E-state index contributed by atoms with van der Waals surface area (Å²) in [5.74, 6) is -0.751. The Kier molecular flexibility index (Phi) is 5.11. The topological polar surface area (TPSA) is 89.9 Å². The summed E-state index contributed by atoms with van der Waals surface area (Å²) in [4.78, 5) is 37.5. The van der Waals surface area contributed by atoms with E-state index in [0.29, 0.717) is 19.6 Å². The van der Waals surface area contributed by atoms with Gasteiger partial charge >= 0.3 is 12.0 Å². The Morgan fingerprint density at radius 1 is 1.25 bits per heavy atom. The fourth-order valence-corrected chi connectivity index (χ4v) is 3.21. The molecule has 0 aromatic carbocycles. The second-order valence-corrected chi connectivity index (χ2v) is 5.91. The van der Waals surface area contributed by atoms with Crippen LogP contribution >= 0.6 is 11.8 Å². The van der Waals surface area contributed by atoms with Crippen LogP contribution in [0.5, 0.6) is 0 Å². The molecule has 2 heterocycles. The molecule has 0 radical (unpaired) electrons. The van der Waals surface area contributed by atoms with Crippen LogP contribution < -0.4 is 5.32 Å². The van der Waals surface area contributed by atoms with Crippen LogP contribution in [-0.4, -0.2) is 76.5 Å². The van der Waals surface area contributed by atoms with E-state index < -0.39 is 5.97 Å². The summed E-state index contributed by atoms with van der Waals surface area (Å²) >= 11 is 1.12. The summed E-state index contributed by atoms with van der Waals surface area (Å²) in [6, 6.07) is 0.208. The van der Waals surface area contributed by atoms with Crippen LogP contribution in [0.15, 0.2) is 0 Å². The second kappa shape index (κ2) is 6.83. The summed E-state index contributed by atoms with van der Waals surface area (Å²) in [5.41, 5.74) is 0. The Morgan fingerprint density at radius 3 is 2.50 bits per heavy atom. The van der Waals surface area contributed by atoms with Crippen molar-refractivity contribution in [1.29, 1.82) is 0 Å². The molecule has 0 spiro atoms. The molecule has 8 heteroatoms. The SMILES string of the molecule is O=C(O)CSCC(=O)N1CCC(N2CCNC2=O)CC1. The van der Waals surface area contributed by atoms with Gasteiger partial charge in [-0.05, 0) is 12.8 Å². The molecule has 112 valence electrons. The molecule has 0 aromatic heterocycles. The van der Waals surface area contributed by atoms with E-state index in [4.69, 9.17) is 5.11 Å². The number of carboxylic acid groups (broad SMARTS) is 1. The molecule has 2 N–H and O–H groups in total. The van der Waals surface area contributed by atoms with Gasteiger partial charge in [-0.1, -0.05) is 0 Å². The average molecular weight is 301 g/mol. The fourth-order valence-electron chi connectivity index (χ4n) is 2.58. The largest absolute Gasteiger partial charge is 0.481 e. The van der Waals surface area contributed by atoms with Crippen LogP contribution in [0.25, 0.3) is 0 Å². The monoisotopic (exact) mass is 301 g/mol. The highest BCUT2D eigenvalue weighted by atomic mass is 32.2. The quantitative estimate of drug-likeness (QED) is 0.735. The first kappa shape index (κ1) is 15.0. The Hall–Kier alpha value is -1.44. The fraction of sp³-hybridized carbons (Fsp3) is 0.750. The van der Waals surface area contributed by atoms with Gasteiger partial charge in [0.15, 0.2) is 0 Å². The predicted octanol–water partition coefficient (Wildman–Crippen LogP) is -0.180. The van der Waals surface area contributed by atoms with Crippen molar-refractivity contribution in [3.05, 3.63) is 0 Å². The van der Waals surface area contributed by atoms with Gasteiger partial charge in [-0.3, -0.25) is 9.59 Å². The summed E-state index contributed by atoms with van der Waals surface area (Å²) in [6.45, 7) is 2.72. The third-order valence-electron chi connectivity index (χ3n) is 3.60. The van der Waals surface area contributed by atoms with Crippen LogP contribution in [0.4, 0.5) is 4.79 Å². The Bertz CT molecular complexity index is 396. The molecule has 3 amide bonds. The summed E-state index contributed by atoms with van der Waals surface area (Å²) in [6.07, 6.45) is 1.59. The molecule has 2 fully saturated rings. The van der Waals surface area contributed by atoms with Crippen molar-refractivity contribution in [2.45, 2.75) is 18.9 Å². The van der Waals surface area contributed by atoms with Crippen LogP contribution in [0.3, 0.4) is 0 Å². The molecule has 0 aliphatic carbocycles. The van der Waals surface area contributed by atoms with E-state index in [0.717, 1.165) is 31.1 Å². The lowest BCUT2D eigenvalue weighted by molar-refractivity contribution is -0.133. The van der Waals surface area contributed by atoms with Crippen molar-refractivity contribution >= 4 is 29.7 Å². The molecule has 0 bridgehead atoms. The molecule has 20 heavy (non-hydrogen) atoms. The number of urea groups is 1. The highest BCUT2D eigenvalue weighted by molar-refractivity contribution is 8.00. The summed E-state index contributed by atoms with van der Waals surface area (Å²) in [7, 11) is 0. The minimum Gasteiger partial charge on any atom is -0.481 e. The highest BCUT2D eigenvalue weighted by Crippen LogP contribution is 2.19. The standard InChI is InChI=1S/C12H19N3O4S/c16-10(7-20-8-11(17)18)14-4-1-9(2-5-14)15-6-3-13-12(15)19/h9H,1-8H2,(H,13,19)(H,17,18). The number of likely N-dealkylation sites (tertiary alicyclic amines) is 1. The zero-order valence-corrected chi connectivity index (χ0v) is 12.0. The van der Waals surface area contributed by atoms with E-state index in [1.165, 1.54) is 0 Å². The number of nitrogens with zero attached hydrogens (tertiary/aromatic N) is 2. The van der Waals surface area contributed by atoms with Gasteiger partial charge in [0.25, 0.3) is 0 Å². The predicted molar refractivity (Wildman–Crippen MR) is 74.7 cm³/mol. The third kappa shape index (κ3) is 3.78. The number of nitrogens with one attached hydrogen (secondary N) is 1. The molecule has 7 nitrogen and oxygen atoms in total. The molecule has 0 unspecified atom stereocenters. The zero-order valence-electron chi connectivity index (χ0n) is 11.2. The molecular formula is C12H19N3O4S. The smallest absolute Gasteiger partial charge is 0.317 e. The number of piperidine rings is 1. The number of carbonyl (C=O) groups excluding carboxylic acids is 2. The van der Waals surface area contributed by atoms with Gasteiger partial charge < -0.3 is 20.2 Å². The Balaban J connectivity index is 1.72. The number of aliphatic carboxylic acids is 1. The molecule has 2 aliphatic rings. The van der Waals surface area contributed by atoms with Crippen molar-refractivity contribution < 1.29 is 19.5 Å². The molecule has 2 saturated heterocycles. The van der Waals surface area contributed by atoms with Crippen molar-refractivity contribution in [2.75, 3.05) is 37.7 Å². The Labute approximate surface area is 121 Å². The number of thioether (sulfide) groups is 1. The molecule has 0 aromatic rings. The van der Waals surface area contributed by atoms with Crippen molar-refractivity contribution in [1.82, 2.24) is 15.1 Å². The van der Waals surface area contributed by atoms with E-state index in [-0.39, 0.29) is 29.5 Å². The summed E-state index contributed by atoms with van der Waals surface area (Å²) < 4.78 is 0. The molecular weight excluding hydrogens is 282 g/mol. The molecule has 2 rings (SSSR count). The zero-order chi connectivity index (χ0) is 14.5. The normalized spacial score (nSPS) is 20.1. The van der Waals surface area contributed by atoms with Crippen LogP contribution in [0, 0.1) is 0 Å². The van der Waals surface area contributed by atoms with Gasteiger partial charge in [0, 0.05) is 32.2 Å². The van der Waals surface area contributed by atoms with E-state index in [2.05, 4.69) is 5.32 Å². The van der Waals surface area contributed by atoms with Crippen LogP contribution in [-0.2, 0) is 9.59 Å². The second-order valence-electron chi connectivity index (χ2n) is 4.92. The lowest BCUT2D eigenvalue weighted by atomic mass is 10.0. The third-order valence-corrected chi connectivity index (χ3v) is 4.50. The minimum absolute atomic E-state index is 0.00760. The number of carboxylic acids is 1. The van der Waals surface area contributed by atoms with E-state index in [1.54, 1.807) is 4.90 Å². The first-order valence-electron chi connectivity index (χ1n) is 6.69. The lowest BCUT2D eigenvalue weighted by Gasteiger charge is -2.36. The van der Waals surface area contributed by atoms with Gasteiger partial charge in [0.2, 0.25) is 5.91 Å². The number of rotatable bonds is 5. The lowest BCUT2D eigenvalue weighted by Crippen LogP contribution is -2.48. The maximum atomic E-state index is 11.9. The number of hydrogen-bond donors (Lipinski definition) is 2. The van der Waals surface area contributed by atoms with Crippen LogP contribution in [0.1, 0.15) is 12.8 Å². The first-order valence-corrected chi connectivity index (χ1v) is 7.85. The van der Waals surface area contributed by atoms with Crippen molar-refractivity contribution in [3.63, 3.8) is 0 Å². The maximum absolute atomic E-state index is 11.9. The van der Waals surface area contributed by atoms with Gasteiger partial charge in [-0.2, -0.15) is 0 Å². The maximum Gasteiger partial charge on any atom is 0.317 e. The molecule has 2 aliphatic heterocycles. The number of amides is 3.